The zero-order valence-electron chi connectivity index (χ0n) is 19.0. The number of nitrogens with zero attached hydrogens (tertiary/aromatic N) is 3. The number of carbonyl (C=O) groups excluding carboxylic acids is 1. The second-order valence-electron chi connectivity index (χ2n) is 8.80. The van der Waals surface area contributed by atoms with E-state index in [1.807, 2.05) is 11.0 Å². The molecule has 0 radical (unpaired) electrons. The van der Waals surface area contributed by atoms with E-state index in [9.17, 15) is 14.0 Å². The summed E-state index contributed by atoms with van der Waals surface area (Å²) < 4.78 is 14.9. The zero-order chi connectivity index (χ0) is 23.3. The van der Waals surface area contributed by atoms with Gasteiger partial charge in [0.15, 0.2) is 5.16 Å². The van der Waals surface area contributed by atoms with Crippen molar-refractivity contribution in [3.05, 3.63) is 70.3 Å². The molecule has 0 fully saturated rings. The molecule has 3 rings (SSSR count). The minimum absolute atomic E-state index is 0.0353. The molecule has 0 atom stereocenters. The Balaban J connectivity index is 1.91. The van der Waals surface area contributed by atoms with Gasteiger partial charge in [-0.2, -0.15) is 0 Å². The smallest absolute Gasteiger partial charge is 0.262 e. The van der Waals surface area contributed by atoms with Gasteiger partial charge in [0.25, 0.3) is 5.56 Å². The van der Waals surface area contributed by atoms with Gasteiger partial charge in [0.1, 0.15) is 5.82 Å². The van der Waals surface area contributed by atoms with Crippen LogP contribution in [0.2, 0.25) is 0 Å². The largest absolute Gasteiger partial charge is 0.341 e. The van der Waals surface area contributed by atoms with Crippen molar-refractivity contribution in [2.24, 2.45) is 11.8 Å². The lowest BCUT2D eigenvalue weighted by atomic mass is 10.1. The second kappa shape index (κ2) is 10.8. The van der Waals surface area contributed by atoms with Gasteiger partial charge in [-0.15, -0.1) is 0 Å². The minimum atomic E-state index is -0.326. The van der Waals surface area contributed by atoms with E-state index in [2.05, 4.69) is 32.7 Å². The number of rotatable bonds is 9. The van der Waals surface area contributed by atoms with Gasteiger partial charge < -0.3 is 4.90 Å². The summed E-state index contributed by atoms with van der Waals surface area (Å²) in [4.78, 5) is 32.8. The number of aromatic nitrogens is 2. The van der Waals surface area contributed by atoms with Gasteiger partial charge in [-0.3, -0.25) is 14.2 Å². The van der Waals surface area contributed by atoms with Crippen LogP contribution in [0.25, 0.3) is 10.9 Å². The average molecular weight is 456 g/mol. The van der Waals surface area contributed by atoms with Crippen LogP contribution in [0, 0.1) is 17.7 Å². The van der Waals surface area contributed by atoms with E-state index in [4.69, 9.17) is 0 Å². The van der Waals surface area contributed by atoms with E-state index >= 15 is 0 Å². The number of thioether (sulfide) groups is 1. The predicted molar refractivity (Wildman–Crippen MR) is 128 cm³/mol. The van der Waals surface area contributed by atoms with E-state index in [0.29, 0.717) is 41.0 Å². The molecule has 32 heavy (non-hydrogen) atoms. The lowest BCUT2D eigenvalue weighted by molar-refractivity contribution is -0.129. The minimum Gasteiger partial charge on any atom is -0.341 e. The van der Waals surface area contributed by atoms with E-state index in [0.717, 1.165) is 5.56 Å². The number of benzene rings is 2. The van der Waals surface area contributed by atoms with Crippen LogP contribution in [0.3, 0.4) is 0 Å². The van der Waals surface area contributed by atoms with Crippen molar-refractivity contribution in [2.45, 2.75) is 39.4 Å². The summed E-state index contributed by atoms with van der Waals surface area (Å²) in [6, 6.07) is 13.3. The third kappa shape index (κ3) is 6.19. The quantitative estimate of drug-likeness (QED) is 0.343. The normalized spacial score (nSPS) is 11.5. The van der Waals surface area contributed by atoms with Crippen LogP contribution < -0.4 is 5.56 Å². The molecule has 0 N–H and O–H groups in total. The molecule has 1 heterocycles. The van der Waals surface area contributed by atoms with Crippen LogP contribution >= 0.6 is 11.8 Å². The standard InChI is InChI=1S/C25H30FN3O2S/c1-17(2)13-28(14-18(3)4)23(30)16-32-25-27-22-8-6-5-7-21(22)24(31)29(25)15-19-9-11-20(26)12-10-19/h5-12,17-18H,13-16H2,1-4H3. The van der Waals surface area contributed by atoms with Crippen LogP contribution in [-0.4, -0.2) is 39.2 Å². The first-order valence-electron chi connectivity index (χ1n) is 10.9. The number of hydrogen-bond acceptors (Lipinski definition) is 4. The van der Waals surface area contributed by atoms with Gasteiger partial charge in [-0.05, 0) is 41.7 Å². The van der Waals surface area contributed by atoms with Crippen LogP contribution in [0.4, 0.5) is 4.39 Å². The molecule has 7 heteroatoms. The maximum atomic E-state index is 13.3. The second-order valence-corrected chi connectivity index (χ2v) is 9.75. The van der Waals surface area contributed by atoms with Crippen LogP contribution in [0.1, 0.15) is 33.3 Å². The van der Waals surface area contributed by atoms with Crippen molar-refractivity contribution >= 4 is 28.6 Å². The van der Waals surface area contributed by atoms with Gasteiger partial charge >= 0.3 is 0 Å². The molecule has 0 aliphatic carbocycles. The molecule has 1 amide bonds. The zero-order valence-corrected chi connectivity index (χ0v) is 19.9. The number of carbonyl (C=O) groups is 1. The summed E-state index contributed by atoms with van der Waals surface area (Å²) in [6.45, 7) is 10.0. The summed E-state index contributed by atoms with van der Waals surface area (Å²) in [5, 5.41) is 1.01. The van der Waals surface area contributed by atoms with Gasteiger partial charge in [0, 0.05) is 13.1 Å². The lowest BCUT2D eigenvalue weighted by Crippen LogP contribution is -2.38. The number of amides is 1. The molecule has 2 aromatic carbocycles. The molecule has 3 aromatic rings. The first-order valence-corrected chi connectivity index (χ1v) is 11.9. The van der Waals surface area contributed by atoms with Crippen molar-refractivity contribution in [1.29, 1.82) is 0 Å². The first kappa shape index (κ1) is 24.0. The lowest BCUT2D eigenvalue weighted by Gasteiger charge is -2.26. The number of halogens is 1. The Morgan fingerprint density at radius 1 is 1.03 bits per heavy atom. The molecule has 0 spiro atoms. The SMILES string of the molecule is CC(C)CN(CC(C)C)C(=O)CSc1nc2ccccc2c(=O)n1Cc1ccc(F)cc1. The summed E-state index contributed by atoms with van der Waals surface area (Å²) in [6.07, 6.45) is 0. The Labute approximate surface area is 192 Å². The Morgan fingerprint density at radius 2 is 1.66 bits per heavy atom. The van der Waals surface area contributed by atoms with E-state index in [1.165, 1.54) is 23.9 Å². The molecule has 5 nitrogen and oxygen atoms in total. The van der Waals surface area contributed by atoms with Gasteiger partial charge in [0.05, 0.1) is 23.2 Å². The summed E-state index contributed by atoms with van der Waals surface area (Å²) in [7, 11) is 0. The molecule has 0 saturated carbocycles. The van der Waals surface area contributed by atoms with Crippen molar-refractivity contribution in [3.8, 4) is 0 Å². The fraction of sp³-hybridized carbons (Fsp3) is 0.400. The van der Waals surface area contributed by atoms with Gasteiger partial charge in [-0.1, -0.05) is 63.7 Å². The Morgan fingerprint density at radius 3 is 2.28 bits per heavy atom. The molecule has 0 aliphatic heterocycles. The van der Waals surface area contributed by atoms with Crippen LogP contribution in [0.15, 0.2) is 58.5 Å². The number of hydrogen-bond donors (Lipinski definition) is 0. The molecule has 0 aliphatic rings. The summed E-state index contributed by atoms with van der Waals surface area (Å²) in [5.41, 5.74) is 1.22. The highest BCUT2D eigenvalue weighted by atomic mass is 32.2. The Hall–Kier alpha value is -2.67. The first-order chi connectivity index (χ1) is 15.2. The highest BCUT2D eigenvalue weighted by Gasteiger charge is 2.19. The van der Waals surface area contributed by atoms with E-state index in [1.54, 1.807) is 34.9 Å². The molecule has 170 valence electrons. The molecule has 0 unspecified atom stereocenters. The predicted octanol–water partition coefficient (Wildman–Crippen LogP) is 4.82. The fourth-order valence-electron chi connectivity index (χ4n) is 3.55. The highest BCUT2D eigenvalue weighted by molar-refractivity contribution is 7.99. The topological polar surface area (TPSA) is 55.2 Å². The van der Waals surface area contributed by atoms with Crippen molar-refractivity contribution in [2.75, 3.05) is 18.8 Å². The fourth-order valence-corrected chi connectivity index (χ4v) is 4.45. The molecular formula is C25H30FN3O2S. The van der Waals surface area contributed by atoms with Gasteiger partial charge in [0.2, 0.25) is 5.91 Å². The van der Waals surface area contributed by atoms with Crippen LogP contribution in [0.5, 0.6) is 0 Å². The highest BCUT2D eigenvalue weighted by Crippen LogP contribution is 2.20. The molecule has 0 saturated heterocycles. The third-order valence-electron chi connectivity index (χ3n) is 4.93. The van der Waals surface area contributed by atoms with Crippen LogP contribution in [-0.2, 0) is 11.3 Å². The molecule has 1 aromatic heterocycles. The average Bonchev–Trinajstić information content (AvgIpc) is 2.74. The number of fused-ring (bicyclic) bond motifs is 1. The monoisotopic (exact) mass is 455 g/mol. The summed E-state index contributed by atoms with van der Waals surface area (Å²) in [5.74, 6) is 0.658. The maximum absolute atomic E-state index is 13.3. The Bertz CT molecular complexity index is 1120. The third-order valence-corrected chi connectivity index (χ3v) is 5.89. The van der Waals surface area contributed by atoms with Crippen molar-refractivity contribution in [1.82, 2.24) is 14.5 Å². The maximum Gasteiger partial charge on any atom is 0.262 e. The number of para-hydroxylation sites is 1. The van der Waals surface area contributed by atoms with E-state index < -0.39 is 0 Å². The molecular weight excluding hydrogens is 425 g/mol. The van der Waals surface area contributed by atoms with Gasteiger partial charge in [-0.25, -0.2) is 9.37 Å². The van der Waals surface area contributed by atoms with Crippen molar-refractivity contribution in [3.63, 3.8) is 0 Å². The summed E-state index contributed by atoms with van der Waals surface area (Å²) >= 11 is 1.28. The molecule has 0 bridgehead atoms. The van der Waals surface area contributed by atoms with E-state index in [-0.39, 0.29) is 29.6 Å². The Kier molecular flexibility index (Phi) is 8.07. The van der Waals surface area contributed by atoms with Crippen molar-refractivity contribution < 1.29 is 9.18 Å².